The molecule has 0 fully saturated rings. The lowest BCUT2D eigenvalue weighted by atomic mass is 10.2. The number of esters is 1. The third-order valence-electron chi connectivity index (χ3n) is 2.17. The Morgan fingerprint density at radius 3 is 2.80 bits per heavy atom. The van der Waals surface area contributed by atoms with Crippen LogP contribution < -0.4 is 11.1 Å². The predicted octanol–water partition coefficient (Wildman–Crippen LogP) is 0.904. The highest BCUT2D eigenvalue weighted by molar-refractivity contribution is 5.72. The second kappa shape index (κ2) is 9.93. The van der Waals surface area contributed by atoms with E-state index in [4.69, 9.17) is 10.5 Å². The first-order valence-corrected chi connectivity index (χ1v) is 5.79. The quantitative estimate of drug-likeness (QED) is 0.444. The molecule has 0 radical (unpaired) electrons. The van der Waals surface area contributed by atoms with Crippen LogP contribution in [0.1, 0.15) is 33.1 Å². The van der Waals surface area contributed by atoms with E-state index in [1.165, 1.54) is 0 Å². The Labute approximate surface area is 92.6 Å². The topological polar surface area (TPSA) is 64.3 Å². The van der Waals surface area contributed by atoms with Gasteiger partial charge < -0.3 is 15.8 Å². The maximum atomic E-state index is 11.4. The summed E-state index contributed by atoms with van der Waals surface area (Å²) < 4.78 is 5.13. The van der Waals surface area contributed by atoms with E-state index in [1.807, 2.05) is 6.92 Å². The van der Waals surface area contributed by atoms with Crippen molar-refractivity contribution in [2.45, 2.75) is 33.1 Å². The number of nitrogens with one attached hydrogen (secondary N) is 1. The van der Waals surface area contributed by atoms with Gasteiger partial charge in [0, 0.05) is 19.6 Å². The normalized spacial score (nSPS) is 12.5. The molecule has 90 valence electrons. The first-order chi connectivity index (χ1) is 7.22. The van der Waals surface area contributed by atoms with E-state index < -0.39 is 0 Å². The van der Waals surface area contributed by atoms with Crippen LogP contribution in [0.3, 0.4) is 0 Å². The van der Waals surface area contributed by atoms with Crippen LogP contribution in [0, 0.1) is 5.92 Å². The van der Waals surface area contributed by atoms with Crippen LogP contribution in [-0.2, 0) is 9.53 Å². The van der Waals surface area contributed by atoms with Gasteiger partial charge in [0.2, 0.25) is 0 Å². The molecule has 0 aromatic heterocycles. The minimum atomic E-state index is -0.115. The molecular formula is C11H24N2O2. The van der Waals surface area contributed by atoms with Crippen LogP contribution in [0.2, 0.25) is 0 Å². The van der Waals surface area contributed by atoms with Gasteiger partial charge in [-0.05, 0) is 6.42 Å². The minimum Gasteiger partial charge on any atom is -0.465 e. The monoisotopic (exact) mass is 216 g/mol. The average Bonchev–Trinajstić information content (AvgIpc) is 2.24. The molecule has 0 aromatic rings. The zero-order valence-corrected chi connectivity index (χ0v) is 9.92. The first-order valence-electron chi connectivity index (χ1n) is 5.79. The molecule has 0 saturated carbocycles. The highest BCUT2D eigenvalue weighted by atomic mass is 16.5. The molecule has 1 atom stereocenters. The molecule has 0 aliphatic rings. The number of unbranched alkanes of at least 4 members (excludes halogenated alkanes) is 2. The molecule has 0 aliphatic heterocycles. The molecule has 0 spiro atoms. The number of rotatable bonds is 9. The lowest BCUT2D eigenvalue weighted by Crippen LogP contribution is -2.31. The van der Waals surface area contributed by atoms with Crippen molar-refractivity contribution >= 4 is 5.97 Å². The zero-order chi connectivity index (χ0) is 11.5. The van der Waals surface area contributed by atoms with E-state index in [0.717, 1.165) is 25.8 Å². The van der Waals surface area contributed by atoms with Gasteiger partial charge in [-0.15, -0.1) is 0 Å². The molecule has 0 rings (SSSR count). The second-order valence-electron chi connectivity index (χ2n) is 3.77. The fourth-order valence-electron chi connectivity index (χ4n) is 1.17. The number of carbonyl (C=O) groups excluding carboxylic acids is 1. The van der Waals surface area contributed by atoms with Crippen molar-refractivity contribution in [3.8, 4) is 0 Å². The maximum absolute atomic E-state index is 11.4. The predicted molar refractivity (Wildman–Crippen MR) is 61.6 cm³/mol. The van der Waals surface area contributed by atoms with Crippen molar-refractivity contribution in [2.24, 2.45) is 11.7 Å². The van der Waals surface area contributed by atoms with Crippen LogP contribution >= 0.6 is 0 Å². The first kappa shape index (κ1) is 14.4. The lowest BCUT2D eigenvalue weighted by molar-refractivity contribution is -0.147. The molecule has 0 amide bonds. The van der Waals surface area contributed by atoms with Crippen LogP contribution in [-0.4, -0.2) is 32.2 Å². The van der Waals surface area contributed by atoms with E-state index in [1.54, 1.807) is 0 Å². The summed E-state index contributed by atoms with van der Waals surface area (Å²) in [5.41, 5.74) is 5.33. The highest BCUT2D eigenvalue weighted by Gasteiger charge is 2.12. The van der Waals surface area contributed by atoms with Crippen LogP contribution in [0.5, 0.6) is 0 Å². The molecule has 0 bridgehead atoms. The van der Waals surface area contributed by atoms with Crippen molar-refractivity contribution in [2.75, 3.05) is 26.2 Å². The molecule has 0 aliphatic carbocycles. The van der Waals surface area contributed by atoms with Gasteiger partial charge in [-0.25, -0.2) is 0 Å². The number of carbonyl (C=O) groups is 1. The van der Waals surface area contributed by atoms with E-state index >= 15 is 0 Å². The second-order valence-corrected chi connectivity index (χ2v) is 3.77. The summed E-state index contributed by atoms with van der Waals surface area (Å²) in [5.74, 6) is -0.200. The molecular weight excluding hydrogens is 192 g/mol. The molecule has 0 heterocycles. The summed E-state index contributed by atoms with van der Waals surface area (Å²) in [6.45, 7) is 6.52. The van der Waals surface area contributed by atoms with Crippen LogP contribution in [0.4, 0.5) is 0 Å². The standard InChI is InChI=1S/C11H24N2O2/c1-3-4-5-8-15-11(14)10(2)9-13-7-6-12/h10,13H,3-9,12H2,1-2H3. The van der Waals surface area contributed by atoms with Gasteiger partial charge in [0.1, 0.15) is 0 Å². The van der Waals surface area contributed by atoms with Crippen LogP contribution in [0.15, 0.2) is 0 Å². The summed E-state index contributed by atoms with van der Waals surface area (Å²) in [5, 5.41) is 3.09. The van der Waals surface area contributed by atoms with E-state index in [0.29, 0.717) is 19.7 Å². The third-order valence-corrected chi connectivity index (χ3v) is 2.17. The summed E-state index contributed by atoms with van der Waals surface area (Å²) >= 11 is 0. The third kappa shape index (κ3) is 8.39. The van der Waals surface area contributed by atoms with Crippen molar-refractivity contribution in [3.63, 3.8) is 0 Å². The van der Waals surface area contributed by atoms with Gasteiger partial charge >= 0.3 is 5.97 Å². The lowest BCUT2D eigenvalue weighted by Gasteiger charge is -2.11. The van der Waals surface area contributed by atoms with Gasteiger partial charge in [-0.1, -0.05) is 26.7 Å². The van der Waals surface area contributed by atoms with Gasteiger partial charge in [0.15, 0.2) is 0 Å². The van der Waals surface area contributed by atoms with Gasteiger partial charge in [-0.3, -0.25) is 4.79 Å². The highest BCUT2D eigenvalue weighted by Crippen LogP contribution is 2.00. The Hall–Kier alpha value is -0.610. The zero-order valence-electron chi connectivity index (χ0n) is 9.92. The van der Waals surface area contributed by atoms with E-state index in [2.05, 4.69) is 12.2 Å². The van der Waals surface area contributed by atoms with Gasteiger partial charge in [0.05, 0.1) is 12.5 Å². The Balaban J connectivity index is 3.42. The molecule has 0 aromatic carbocycles. The molecule has 15 heavy (non-hydrogen) atoms. The smallest absolute Gasteiger partial charge is 0.309 e. The Bertz CT molecular complexity index is 163. The SMILES string of the molecule is CCCCCOC(=O)C(C)CNCCN. The summed E-state index contributed by atoms with van der Waals surface area (Å²) in [6, 6.07) is 0. The maximum Gasteiger partial charge on any atom is 0.309 e. The Morgan fingerprint density at radius 1 is 1.47 bits per heavy atom. The number of ether oxygens (including phenoxy) is 1. The van der Waals surface area contributed by atoms with Crippen molar-refractivity contribution in [1.29, 1.82) is 0 Å². The van der Waals surface area contributed by atoms with E-state index in [9.17, 15) is 4.79 Å². The molecule has 4 heteroatoms. The summed E-state index contributed by atoms with van der Waals surface area (Å²) in [6.07, 6.45) is 3.23. The average molecular weight is 216 g/mol. The van der Waals surface area contributed by atoms with Crippen molar-refractivity contribution in [3.05, 3.63) is 0 Å². The summed E-state index contributed by atoms with van der Waals surface area (Å²) in [7, 11) is 0. The largest absolute Gasteiger partial charge is 0.465 e. The number of nitrogens with two attached hydrogens (primary N) is 1. The summed E-state index contributed by atoms with van der Waals surface area (Å²) in [4.78, 5) is 11.4. The number of hydrogen-bond acceptors (Lipinski definition) is 4. The number of hydrogen-bond donors (Lipinski definition) is 2. The van der Waals surface area contributed by atoms with Crippen LogP contribution in [0.25, 0.3) is 0 Å². The molecule has 3 N–H and O–H groups in total. The Morgan fingerprint density at radius 2 is 2.20 bits per heavy atom. The van der Waals surface area contributed by atoms with Gasteiger partial charge in [0.25, 0.3) is 0 Å². The fourth-order valence-corrected chi connectivity index (χ4v) is 1.17. The minimum absolute atomic E-state index is 0.0850. The Kier molecular flexibility index (Phi) is 9.52. The van der Waals surface area contributed by atoms with Crippen molar-refractivity contribution in [1.82, 2.24) is 5.32 Å². The molecule has 0 saturated heterocycles. The molecule has 4 nitrogen and oxygen atoms in total. The van der Waals surface area contributed by atoms with Gasteiger partial charge in [-0.2, -0.15) is 0 Å². The van der Waals surface area contributed by atoms with Crippen molar-refractivity contribution < 1.29 is 9.53 Å². The fraction of sp³-hybridized carbons (Fsp3) is 0.909. The van der Waals surface area contributed by atoms with E-state index in [-0.39, 0.29) is 11.9 Å². The molecule has 1 unspecified atom stereocenters.